The first-order valence-electron chi connectivity index (χ1n) is 4.86. The number of hydrogen-bond donors (Lipinski definition) is 1. The molecule has 0 atom stereocenters. The second-order valence-corrected chi connectivity index (χ2v) is 5.31. The number of benzene rings is 1. The topological polar surface area (TPSA) is 38.9 Å². The quantitative estimate of drug-likeness (QED) is 0.942. The Labute approximate surface area is 107 Å². The van der Waals surface area contributed by atoms with Crippen LogP contribution in [0, 0.1) is 0 Å². The maximum atomic E-state index is 5.49. The van der Waals surface area contributed by atoms with E-state index in [9.17, 15) is 0 Å². The summed E-state index contributed by atoms with van der Waals surface area (Å²) in [6.07, 6.45) is 1.86. The van der Waals surface area contributed by atoms with Crippen molar-refractivity contribution in [2.45, 2.75) is 16.3 Å². The van der Waals surface area contributed by atoms with E-state index in [2.05, 4.69) is 33.0 Å². The predicted molar refractivity (Wildman–Crippen MR) is 70.4 cm³/mol. The molecule has 0 amide bonds. The van der Waals surface area contributed by atoms with E-state index in [1.54, 1.807) is 11.8 Å². The van der Waals surface area contributed by atoms with Crippen LogP contribution in [0.3, 0.4) is 0 Å². The summed E-state index contributed by atoms with van der Waals surface area (Å²) in [7, 11) is 0. The fraction of sp³-hybridized carbons (Fsp3) is 0.0833. The van der Waals surface area contributed by atoms with E-state index in [0.29, 0.717) is 6.54 Å². The number of hydrogen-bond acceptors (Lipinski definition) is 3. The third-order valence-electron chi connectivity index (χ3n) is 2.06. The molecule has 2 N–H and O–H groups in total. The molecule has 0 saturated heterocycles. The van der Waals surface area contributed by atoms with Crippen LogP contribution in [-0.2, 0) is 6.54 Å². The minimum atomic E-state index is 0.489. The molecule has 1 aromatic heterocycles. The second kappa shape index (κ2) is 5.48. The van der Waals surface area contributed by atoms with Gasteiger partial charge in [-0.2, -0.15) is 0 Å². The fourth-order valence-corrected chi connectivity index (χ4v) is 2.28. The first-order valence-corrected chi connectivity index (χ1v) is 6.47. The van der Waals surface area contributed by atoms with E-state index in [0.717, 1.165) is 15.1 Å². The first-order chi connectivity index (χ1) is 7.78. The van der Waals surface area contributed by atoms with E-state index in [1.165, 1.54) is 4.90 Å². The van der Waals surface area contributed by atoms with E-state index in [1.807, 2.05) is 30.5 Å². The fourth-order valence-electron chi connectivity index (χ4n) is 1.23. The van der Waals surface area contributed by atoms with Crippen LogP contribution in [0.4, 0.5) is 0 Å². The number of pyridine rings is 1. The molecule has 0 saturated carbocycles. The molecule has 82 valence electrons. The molecule has 2 rings (SSSR count). The maximum Gasteiger partial charge on any atom is 0.0540 e. The van der Waals surface area contributed by atoms with Crippen molar-refractivity contribution in [1.82, 2.24) is 4.98 Å². The van der Waals surface area contributed by atoms with Gasteiger partial charge in [-0.1, -0.05) is 27.7 Å². The Morgan fingerprint density at radius 1 is 1.06 bits per heavy atom. The van der Waals surface area contributed by atoms with Gasteiger partial charge in [0.25, 0.3) is 0 Å². The van der Waals surface area contributed by atoms with E-state index < -0.39 is 0 Å². The lowest BCUT2D eigenvalue weighted by atomic mass is 10.3. The van der Waals surface area contributed by atoms with Crippen molar-refractivity contribution in [3.8, 4) is 0 Å². The molecule has 0 fully saturated rings. The van der Waals surface area contributed by atoms with Gasteiger partial charge in [-0.3, -0.25) is 4.98 Å². The summed E-state index contributed by atoms with van der Waals surface area (Å²) in [6.45, 7) is 0.489. The van der Waals surface area contributed by atoms with Crippen molar-refractivity contribution in [3.63, 3.8) is 0 Å². The molecule has 4 heteroatoms. The Balaban J connectivity index is 2.11. The summed E-state index contributed by atoms with van der Waals surface area (Å²) in [4.78, 5) is 6.58. The van der Waals surface area contributed by atoms with Crippen LogP contribution < -0.4 is 5.73 Å². The Morgan fingerprint density at radius 2 is 1.75 bits per heavy atom. The largest absolute Gasteiger partial charge is 0.325 e. The highest BCUT2D eigenvalue weighted by Gasteiger charge is 1.98. The number of halogens is 1. The van der Waals surface area contributed by atoms with Gasteiger partial charge in [-0.05, 0) is 36.4 Å². The van der Waals surface area contributed by atoms with Crippen LogP contribution in [-0.4, -0.2) is 4.98 Å². The predicted octanol–water partition coefficient (Wildman–Crippen LogP) is 3.45. The zero-order valence-electron chi connectivity index (χ0n) is 8.56. The maximum absolute atomic E-state index is 5.49. The molecule has 1 aromatic carbocycles. The summed E-state index contributed by atoms with van der Waals surface area (Å²) in [6, 6.07) is 12.2. The number of nitrogens with zero attached hydrogens (tertiary/aromatic N) is 1. The summed E-state index contributed by atoms with van der Waals surface area (Å²) >= 11 is 5.11. The standard InChI is InChI=1S/C12H11BrN2S/c13-9-1-4-11(5-2-9)16-12-6-3-10(7-14)15-8-12/h1-6,8H,7,14H2. The van der Waals surface area contributed by atoms with Gasteiger partial charge in [-0.15, -0.1) is 0 Å². The van der Waals surface area contributed by atoms with Gasteiger partial charge in [0, 0.05) is 27.0 Å². The Bertz CT molecular complexity index is 453. The molecule has 0 aliphatic carbocycles. The molecule has 16 heavy (non-hydrogen) atoms. The third-order valence-corrected chi connectivity index (χ3v) is 3.57. The van der Waals surface area contributed by atoms with Crippen molar-refractivity contribution in [2.24, 2.45) is 5.73 Å². The van der Waals surface area contributed by atoms with Crippen LogP contribution in [0.2, 0.25) is 0 Å². The minimum absolute atomic E-state index is 0.489. The van der Waals surface area contributed by atoms with Crippen molar-refractivity contribution < 1.29 is 0 Å². The smallest absolute Gasteiger partial charge is 0.0540 e. The molecule has 0 bridgehead atoms. The Kier molecular flexibility index (Phi) is 3.98. The van der Waals surface area contributed by atoms with Crippen molar-refractivity contribution in [2.75, 3.05) is 0 Å². The highest BCUT2D eigenvalue weighted by Crippen LogP contribution is 2.27. The van der Waals surface area contributed by atoms with E-state index in [4.69, 9.17) is 5.73 Å². The van der Waals surface area contributed by atoms with Gasteiger partial charge >= 0.3 is 0 Å². The van der Waals surface area contributed by atoms with Crippen molar-refractivity contribution in [3.05, 3.63) is 52.8 Å². The number of aromatic nitrogens is 1. The Morgan fingerprint density at radius 3 is 2.31 bits per heavy atom. The average molecular weight is 295 g/mol. The van der Waals surface area contributed by atoms with Gasteiger partial charge in [0.15, 0.2) is 0 Å². The second-order valence-electron chi connectivity index (χ2n) is 3.25. The first kappa shape index (κ1) is 11.6. The van der Waals surface area contributed by atoms with Crippen molar-refractivity contribution >= 4 is 27.7 Å². The van der Waals surface area contributed by atoms with Crippen LogP contribution in [0.1, 0.15) is 5.69 Å². The van der Waals surface area contributed by atoms with Crippen LogP contribution >= 0.6 is 27.7 Å². The number of rotatable bonds is 3. The Hall–Kier alpha value is -0.840. The van der Waals surface area contributed by atoms with Crippen LogP contribution in [0.25, 0.3) is 0 Å². The van der Waals surface area contributed by atoms with Gasteiger partial charge in [0.1, 0.15) is 0 Å². The van der Waals surface area contributed by atoms with Gasteiger partial charge in [0.2, 0.25) is 0 Å². The molecule has 0 spiro atoms. The SMILES string of the molecule is NCc1ccc(Sc2ccc(Br)cc2)cn1. The molecule has 0 aliphatic heterocycles. The molecule has 2 nitrogen and oxygen atoms in total. The molecule has 0 unspecified atom stereocenters. The highest BCUT2D eigenvalue weighted by atomic mass is 79.9. The van der Waals surface area contributed by atoms with Crippen LogP contribution in [0.15, 0.2) is 56.9 Å². The monoisotopic (exact) mass is 294 g/mol. The van der Waals surface area contributed by atoms with Gasteiger partial charge < -0.3 is 5.73 Å². The van der Waals surface area contributed by atoms with E-state index in [-0.39, 0.29) is 0 Å². The average Bonchev–Trinajstić information content (AvgIpc) is 2.33. The molecular formula is C12H11BrN2S. The lowest BCUT2D eigenvalue weighted by Gasteiger charge is -2.02. The zero-order chi connectivity index (χ0) is 11.4. The normalized spacial score (nSPS) is 10.4. The van der Waals surface area contributed by atoms with Gasteiger partial charge in [-0.25, -0.2) is 0 Å². The number of nitrogens with two attached hydrogens (primary N) is 1. The molecular weight excluding hydrogens is 284 g/mol. The molecule has 2 aromatic rings. The third kappa shape index (κ3) is 3.07. The van der Waals surface area contributed by atoms with Crippen molar-refractivity contribution in [1.29, 1.82) is 0 Å². The summed E-state index contributed by atoms with van der Waals surface area (Å²) < 4.78 is 1.09. The minimum Gasteiger partial charge on any atom is -0.325 e. The summed E-state index contributed by atoms with van der Waals surface area (Å²) in [5.41, 5.74) is 6.41. The zero-order valence-corrected chi connectivity index (χ0v) is 11.0. The lowest BCUT2D eigenvalue weighted by molar-refractivity contribution is 0.977. The molecule has 1 heterocycles. The van der Waals surface area contributed by atoms with Crippen LogP contribution in [0.5, 0.6) is 0 Å². The summed E-state index contributed by atoms with van der Waals surface area (Å²) in [5, 5.41) is 0. The lowest BCUT2D eigenvalue weighted by Crippen LogP contribution is -1.98. The molecule has 0 radical (unpaired) electrons. The van der Waals surface area contributed by atoms with E-state index >= 15 is 0 Å². The molecule has 0 aliphatic rings. The highest BCUT2D eigenvalue weighted by molar-refractivity contribution is 9.10. The summed E-state index contributed by atoms with van der Waals surface area (Å²) in [5.74, 6) is 0. The van der Waals surface area contributed by atoms with Gasteiger partial charge in [0.05, 0.1) is 5.69 Å².